The second-order valence-electron chi connectivity index (χ2n) is 2.95. The fourth-order valence-corrected chi connectivity index (χ4v) is 0.951. The molecule has 1 unspecified atom stereocenters. The molecule has 0 aliphatic heterocycles. The zero-order valence-electron chi connectivity index (χ0n) is 8.02. The first-order chi connectivity index (χ1) is 6.13. The van der Waals surface area contributed by atoms with Gasteiger partial charge in [0.05, 0.1) is 17.3 Å². The number of nitroso groups, excluding NO2 is 1. The van der Waals surface area contributed by atoms with Crippen LogP contribution in [0.15, 0.2) is 5.29 Å². The van der Waals surface area contributed by atoms with Gasteiger partial charge in [0.25, 0.3) is 0 Å². The highest BCUT2D eigenvalue weighted by Crippen LogP contribution is 2.03. The van der Waals surface area contributed by atoms with Gasteiger partial charge in [-0.2, -0.15) is 0 Å². The van der Waals surface area contributed by atoms with Crippen molar-refractivity contribution < 1.29 is 9.90 Å². The number of carboxylic acids is 1. The summed E-state index contributed by atoms with van der Waals surface area (Å²) < 4.78 is 0. The third-order valence-electron chi connectivity index (χ3n) is 1.88. The number of hydrogen-bond donors (Lipinski definition) is 0. The van der Waals surface area contributed by atoms with Gasteiger partial charge in [0, 0.05) is 6.54 Å². The van der Waals surface area contributed by atoms with Crippen molar-refractivity contribution in [2.24, 2.45) is 5.29 Å². The molecule has 0 radical (unpaired) electrons. The first-order valence-corrected chi connectivity index (χ1v) is 4.44. The van der Waals surface area contributed by atoms with Crippen molar-refractivity contribution in [1.29, 1.82) is 0 Å². The molecule has 0 aromatic rings. The SMILES string of the molecule is CCCCCN(N=O)C(C)C(=O)[O-]. The Morgan fingerprint density at radius 1 is 1.54 bits per heavy atom. The van der Waals surface area contributed by atoms with Crippen LogP contribution in [-0.4, -0.2) is 23.6 Å². The number of hydrogen-bond acceptors (Lipinski definition) is 4. The normalized spacial score (nSPS) is 12.2. The predicted octanol–water partition coefficient (Wildman–Crippen LogP) is 0.298. The minimum atomic E-state index is -1.27. The molecule has 0 saturated heterocycles. The van der Waals surface area contributed by atoms with Crippen molar-refractivity contribution in [2.75, 3.05) is 6.54 Å². The van der Waals surface area contributed by atoms with E-state index in [1.54, 1.807) is 0 Å². The molecule has 0 aromatic heterocycles. The van der Waals surface area contributed by atoms with E-state index in [2.05, 4.69) is 5.29 Å². The van der Waals surface area contributed by atoms with E-state index < -0.39 is 12.0 Å². The fourth-order valence-electron chi connectivity index (χ4n) is 0.951. The first-order valence-electron chi connectivity index (χ1n) is 4.44. The zero-order chi connectivity index (χ0) is 10.3. The second-order valence-corrected chi connectivity index (χ2v) is 2.95. The summed E-state index contributed by atoms with van der Waals surface area (Å²) in [6.45, 7) is 3.80. The topological polar surface area (TPSA) is 72.8 Å². The molecule has 1 atom stereocenters. The first kappa shape index (κ1) is 11.9. The van der Waals surface area contributed by atoms with Gasteiger partial charge >= 0.3 is 0 Å². The summed E-state index contributed by atoms with van der Waals surface area (Å²) >= 11 is 0. The monoisotopic (exact) mass is 187 g/mol. The molecular formula is C8H15N2O3-. The molecule has 0 aliphatic rings. The average molecular weight is 187 g/mol. The molecule has 0 amide bonds. The number of aliphatic carboxylic acids is 1. The third kappa shape index (κ3) is 4.45. The molecule has 0 fully saturated rings. The summed E-state index contributed by atoms with van der Waals surface area (Å²) in [7, 11) is 0. The molecule has 0 aromatic carbocycles. The highest BCUT2D eigenvalue weighted by atomic mass is 16.4. The molecule has 0 heterocycles. The van der Waals surface area contributed by atoms with Crippen LogP contribution in [0, 0.1) is 4.91 Å². The van der Waals surface area contributed by atoms with Gasteiger partial charge in [-0.3, -0.25) is 5.01 Å². The van der Waals surface area contributed by atoms with Crippen LogP contribution in [0.5, 0.6) is 0 Å². The van der Waals surface area contributed by atoms with Crippen LogP contribution in [0.4, 0.5) is 0 Å². The van der Waals surface area contributed by atoms with Gasteiger partial charge in [0.2, 0.25) is 0 Å². The van der Waals surface area contributed by atoms with Crippen LogP contribution >= 0.6 is 0 Å². The quantitative estimate of drug-likeness (QED) is 0.326. The molecule has 0 spiro atoms. The van der Waals surface area contributed by atoms with Crippen LogP contribution in [0.2, 0.25) is 0 Å². The Bertz CT molecular complexity index is 173. The zero-order valence-corrected chi connectivity index (χ0v) is 8.02. The summed E-state index contributed by atoms with van der Waals surface area (Å²) in [4.78, 5) is 20.6. The maximum atomic E-state index is 10.4. The van der Waals surface area contributed by atoms with Gasteiger partial charge in [-0.25, -0.2) is 0 Å². The van der Waals surface area contributed by atoms with Crippen LogP contribution in [0.25, 0.3) is 0 Å². The van der Waals surface area contributed by atoms with E-state index in [9.17, 15) is 14.8 Å². The number of rotatable bonds is 7. The Morgan fingerprint density at radius 2 is 2.15 bits per heavy atom. The van der Waals surface area contributed by atoms with Crippen molar-refractivity contribution in [3.05, 3.63) is 4.91 Å². The lowest BCUT2D eigenvalue weighted by atomic mass is 10.2. The van der Waals surface area contributed by atoms with Crippen LogP contribution < -0.4 is 5.11 Å². The molecule has 0 bridgehead atoms. The Balaban J connectivity index is 3.87. The van der Waals surface area contributed by atoms with E-state index in [1.165, 1.54) is 6.92 Å². The number of carbonyl (C=O) groups is 1. The molecule has 76 valence electrons. The molecule has 5 nitrogen and oxygen atoms in total. The average Bonchev–Trinajstić information content (AvgIpc) is 2.11. The Hall–Kier alpha value is -1.13. The molecule has 0 N–H and O–H groups in total. The largest absolute Gasteiger partial charge is 0.548 e. The number of nitrogens with zero attached hydrogens (tertiary/aromatic N) is 2. The lowest BCUT2D eigenvalue weighted by Crippen LogP contribution is -2.44. The van der Waals surface area contributed by atoms with E-state index in [0.717, 1.165) is 24.3 Å². The van der Waals surface area contributed by atoms with Crippen molar-refractivity contribution in [3.63, 3.8) is 0 Å². The lowest BCUT2D eigenvalue weighted by Gasteiger charge is -2.23. The molecule has 0 aliphatic carbocycles. The van der Waals surface area contributed by atoms with E-state index in [4.69, 9.17) is 0 Å². The summed E-state index contributed by atoms with van der Waals surface area (Å²) in [6.07, 6.45) is 2.76. The van der Waals surface area contributed by atoms with E-state index in [1.807, 2.05) is 6.92 Å². The molecular weight excluding hydrogens is 172 g/mol. The minimum Gasteiger partial charge on any atom is -0.548 e. The molecule has 5 heteroatoms. The van der Waals surface area contributed by atoms with Crippen LogP contribution in [-0.2, 0) is 4.79 Å². The Morgan fingerprint density at radius 3 is 2.54 bits per heavy atom. The van der Waals surface area contributed by atoms with Crippen molar-refractivity contribution in [1.82, 2.24) is 5.01 Å². The van der Waals surface area contributed by atoms with Gasteiger partial charge in [0.15, 0.2) is 0 Å². The maximum absolute atomic E-state index is 10.4. The lowest BCUT2D eigenvalue weighted by molar-refractivity contribution is -0.311. The minimum absolute atomic E-state index is 0.381. The fraction of sp³-hybridized carbons (Fsp3) is 0.875. The molecule has 0 saturated carbocycles. The number of unbranched alkanes of at least 4 members (excludes halogenated alkanes) is 2. The van der Waals surface area contributed by atoms with Crippen molar-refractivity contribution in [3.8, 4) is 0 Å². The van der Waals surface area contributed by atoms with Crippen molar-refractivity contribution >= 4 is 5.97 Å². The Labute approximate surface area is 77.7 Å². The molecule has 0 rings (SSSR count). The summed E-state index contributed by atoms with van der Waals surface area (Å²) in [5.41, 5.74) is 0. The van der Waals surface area contributed by atoms with E-state index in [-0.39, 0.29) is 0 Å². The third-order valence-corrected chi connectivity index (χ3v) is 1.88. The van der Waals surface area contributed by atoms with Gasteiger partial charge < -0.3 is 9.90 Å². The van der Waals surface area contributed by atoms with E-state index in [0.29, 0.717) is 6.54 Å². The van der Waals surface area contributed by atoms with Gasteiger partial charge in [-0.05, 0) is 13.3 Å². The van der Waals surface area contributed by atoms with Gasteiger partial charge in [0.1, 0.15) is 0 Å². The smallest absolute Gasteiger partial charge is 0.0867 e. The van der Waals surface area contributed by atoms with Crippen LogP contribution in [0.1, 0.15) is 33.1 Å². The second kappa shape index (κ2) is 6.39. The van der Waals surface area contributed by atoms with Crippen molar-refractivity contribution in [2.45, 2.75) is 39.2 Å². The Kier molecular flexibility index (Phi) is 5.84. The highest BCUT2D eigenvalue weighted by molar-refractivity contribution is 5.70. The summed E-state index contributed by atoms with van der Waals surface area (Å²) in [5.74, 6) is -1.27. The van der Waals surface area contributed by atoms with E-state index >= 15 is 0 Å². The molecule has 13 heavy (non-hydrogen) atoms. The maximum Gasteiger partial charge on any atom is 0.0867 e. The van der Waals surface area contributed by atoms with Gasteiger partial charge in [-0.1, -0.05) is 19.8 Å². The number of carboxylic acid groups (broad SMARTS) is 1. The van der Waals surface area contributed by atoms with Crippen LogP contribution in [0.3, 0.4) is 0 Å². The highest BCUT2D eigenvalue weighted by Gasteiger charge is 2.12. The summed E-state index contributed by atoms with van der Waals surface area (Å²) in [5, 5.41) is 14.0. The van der Waals surface area contributed by atoms with Gasteiger partial charge in [-0.15, -0.1) is 4.91 Å². The summed E-state index contributed by atoms with van der Waals surface area (Å²) in [6, 6.07) is -0.936. The number of carbonyl (C=O) groups excluding carboxylic acids is 1. The standard InChI is InChI=1S/C8H16N2O3/c1-3-4-5-6-10(9-13)7(2)8(11)12/h7H,3-6H2,1-2H3,(H,11,12)/p-1. The predicted molar refractivity (Wildman–Crippen MR) is 46.5 cm³/mol.